The maximum Gasteiger partial charge on any atom is 0.193 e. The quantitative estimate of drug-likeness (QED) is 0.462. The van der Waals surface area contributed by atoms with Gasteiger partial charge in [-0.3, -0.25) is 0 Å². The molecule has 0 bridgehead atoms. The molecule has 0 aliphatic rings. The Labute approximate surface area is 145 Å². The smallest absolute Gasteiger partial charge is 0.193 e. The van der Waals surface area contributed by atoms with E-state index in [4.69, 9.17) is 11.0 Å². The van der Waals surface area contributed by atoms with Crippen molar-refractivity contribution in [3.8, 4) is 6.07 Å². The van der Waals surface area contributed by atoms with E-state index in [1.807, 2.05) is 37.3 Å². The number of aryl methyl sites for hydroxylation is 1. The van der Waals surface area contributed by atoms with Gasteiger partial charge in [-0.05, 0) is 37.3 Å². The number of anilines is 1. The Hall–Kier alpha value is -2.14. The molecule has 2 rings (SSSR count). The fraction of sp³-hybridized carbons (Fsp3) is 0.125. The van der Waals surface area contributed by atoms with Gasteiger partial charge in [0, 0.05) is 11.3 Å². The fourth-order valence-electron chi connectivity index (χ4n) is 1.76. The Bertz CT molecular complexity index is 705. The Morgan fingerprint density at radius 1 is 1.27 bits per heavy atom. The van der Waals surface area contributed by atoms with Crippen molar-refractivity contribution in [2.24, 2.45) is 10.7 Å². The second-order valence-corrected chi connectivity index (χ2v) is 4.61. The summed E-state index contributed by atoms with van der Waals surface area (Å²) in [5.41, 5.74) is 8.45. The highest BCUT2D eigenvalue weighted by Gasteiger charge is 2.03. The Balaban J connectivity index is 0.00000242. The molecule has 0 amide bonds. The molecule has 6 heteroatoms. The van der Waals surface area contributed by atoms with Crippen molar-refractivity contribution in [3.05, 3.63) is 65.0 Å². The largest absolute Gasteiger partial charge is 0.370 e. The molecule has 0 heterocycles. The zero-order valence-corrected chi connectivity index (χ0v) is 14.3. The summed E-state index contributed by atoms with van der Waals surface area (Å²) < 4.78 is 13.6. The third-order valence-electron chi connectivity index (χ3n) is 2.92. The molecule has 0 saturated heterocycles. The number of nitrogens with one attached hydrogen (secondary N) is 1. The van der Waals surface area contributed by atoms with Crippen LogP contribution in [0.3, 0.4) is 0 Å². The summed E-state index contributed by atoms with van der Waals surface area (Å²) in [6.07, 6.45) is 0. The van der Waals surface area contributed by atoms with E-state index < -0.39 is 5.82 Å². The van der Waals surface area contributed by atoms with E-state index in [1.54, 1.807) is 0 Å². The van der Waals surface area contributed by atoms with E-state index in [2.05, 4.69) is 10.3 Å². The molecule has 0 radical (unpaired) electrons. The molecule has 0 atom stereocenters. The van der Waals surface area contributed by atoms with Crippen LogP contribution >= 0.6 is 24.0 Å². The first-order valence-electron chi connectivity index (χ1n) is 6.40. The van der Waals surface area contributed by atoms with Crippen molar-refractivity contribution in [3.63, 3.8) is 0 Å². The molecule has 22 heavy (non-hydrogen) atoms. The van der Waals surface area contributed by atoms with Crippen LogP contribution < -0.4 is 11.1 Å². The summed E-state index contributed by atoms with van der Waals surface area (Å²) in [6.45, 7) is 2.07. The second kappa shape index (κ2) is 8.34. The SMILES string of the molecule is Cc1ccc(NC(N)=NCc2cc(C#N)ccc2F)cc1.I. The van der Waals surface area contributed by atoms with Crippen molar-refractivity contribution in [1.29, 1.82) is 5.26 Å². The molecule has 0 aromatic heterocycles. The van der Waals surface area contributed by atoms with Gasteiger partial charge in [0.1, 0.15) is 5.82 Å². The lowest BCUT2D eigenvalue weighted by Gasteiger charge is -2.06. The van der Waals surface area contributed by atoms with Gasteiger partial charge in [0.05, 0.1) is 18.2 Å². The van der Waals surface area contributed by atoms with Crippen molar-refractivity contribution < 1.29 is 4.39 Å². The van der Waals surface area contributed by atoms with E-state index in [0.717, 1.165) is 11.3 Å². The molecule has 0 aliphatic carbocycles. The summed E-state index contributed by atoms with van der Waals surface area (Å²) in [7, 11) is 0. The van der Waals surface area contributed by atoms with Gasteiger partial charge in [0.15, 0.2) is 5.96 Å². The minimum absolute atomic E-state index is 0. The van der Waals surface area contributed by atoms with Crippen molar-refractivity contribution in [1.82, 2.24) is 0 Å². The topological polar surface area (TPSA) is 74.2 Å². The van der Waals surface area contributed by atoms with Crippen molar-refractivity contribution >= 4 is 35.6 Å². The van der Waals surface area contributed by atoms with Gasteiger partial charge in [-0.25, -0.2) is 9.38 Å². The summed E-state index contributed by atoms with van der Waals surface area (Å²) in [6, 6.07) is 13.8. The summed E-state index contributed by atoms with van der Waals surface area (Å²) in [5.74, 6) is -0.207. The number of hydrogen-bond acceptors (Lipinski definition) is 2. The fourth-order valence-corrected chi connectivity index (χ4v) is 1.76. The zero-order valence-electron chi connectivity index (χ0n) is 12.0. The molecule has 3 N–H and O–H groups in total. The minimum atomic E-state index is -0.402. The van der Waals surface area contributed by atoms with Crippen LogP contribution in [0.4, 0.5) is 10.1 Å². The van der Waals surface area contributed by atoms with Gasteiger partial charge in [-0.2, -0.15) is 5.26 Å². The van der Waals surface area contributed by atoms with Crippen LogP contribution in [0.1, 0.15) is 16.7 Å². The molecule has 114 valence electrons. The molecule has 0 spiro atoms. The van der Waals surface area contributed by atoms with Gasteiger partial charge >= 0.3 is 0 Å². The summed E-state index contributed by atoms with van der Waals surface area (Å²) in [5, 5.41) is 11.7. The predicted molar refractivity (Wildman–Crippen MR) is 96.7 cm³/mol. The lowest BCUT2D eigenvalue weighted by atomic mass is 10.1. The van der Waals surface area contributed by atoms with E-state index in [-0.39, 0.29) is 36.5 Å². The molecule has 0 fully saturated rings. The highest BCUT2D eigenvalue weighted by molar-refractivity contribution is 14.0. The molecule has 2 aromatic rings. The third-order valence-corrected chi connectivity index (χ3v) is 2.92. The van der Waals surface area contributed by atoms with E-state index in [1.165, 1.54) is 18.2 Å². The standard InChI is InChI=1S/C16H15FN4.HI/c1-11-2-5-14(6-3-11)21-16(19)20-10-13-8-12(9-18)4-7-15(13)17;/h2-8H,10H2,1H3,(H3,19,20,21);1H. The van der Waals surface area contributed by atoms with Crippen LogP contribution in [-0.4, -0.2) is 5.96 Å². The van der Waals surface area contributed by atoms with E-state index >= 15 is 0 Å². The number of nitrogens with two attached hydrogens (primary N) is 1. The number of guanidine groups is 1. The molecule has 0 aliphatic heterocycles. The molecule has 4 nitrogen and oxygen atoms in total. The first-order valence-corrected chi connectivity index (χ1v) is 6.40. The van der Waals surface area contributed by atoms with Crippen molar-refractivity contribution in [2.45, 2.75) is 13.5 Å². The zero-order chi connectivity index (χ0) is 15.2. The molecule has 0 saturated carbocycles. The molecular weight excluding hydrogens is 394 g/mol. The average Bonchev–Trinajstić information content (AvgIpc) is 2.49. The van der Waals surface area contributed by atoms with Crippen LogP contribution in [0.15, 0.2) is 47.5 Å². The second-order valence-electron chi connectivity index (χ2n) is 4.61. The number of nitrogens with zero attached hydrogens (tertiary/aromatic N) is 2. The minimum Gasteiger partial charge on any atom is -0.370 e. The van der Waals surface area contributed by atoms with Gasteiger partial charge < -0.3 is 11.1 Å². The normalized spacial score (nSPS) is 10.5. The monoisotopic (exact) mass is 410 g/mol. The number of benzene rings is 2. The Morgan fingerprint density at radius 2 is 1.95 bits per heavy atom. The number of rotatable bonds is 3. The van der Waals surface area contributed by atoms with Gasteiger partial charge in [-0.1, -0.05) is 17.7 Å². The number of aliphatic imine (C=N–C) groups is 1. The molecular formula is C16H16FIN4. The lowest BCUT2D eigenvalue weighted by molar-refractivity contribution is 0.610. The first-order chi connectivity index (χ1) is 10.1. The van der Waals surface area contributed by atoms with E-state index in [0.29, 0.717) is 11.1 Å². The number of nitriles is 1. The highest BCUT2D eigenvalue weighted by atomic mass is 127. The van der Waals surface area contributed by atoms with Gasteiger partial charge in [0.25, 0.3) is 0 Å². The van der Waals surface area contributed by atoms with Crippen LogP contribution in [0, 0.1) is 24.1 Å². The third kappa shape index (κ3) is 5.00. The van der Waals surface area contributed by atoms with E-state index in [9.17, 15) is 4.39 Å². The first kappa shape index (κ1) is 17.9. The van der Waals surface area contributed by atoms with Crippen LogP contribution in [-0.2, 0) is 6.54 Å². The predicted octanol–water partition coefficient (Wildman–Crippen LogP) is 3.55. The van der Waals surface area contributed by atoms with Crippen molar-refractivity contribution in [2.75, 3.05) is 5.32 Å². The highest BCUT2D eigenvalue weighted by Crippen LogP contribution is 2.12. The maximum absolute atomic E-state index is 13.6. The number of halogens is 2. The Kier molecular flexibility index (Phi) is 6.79. The summed E-state index contributed by atoms with van der Waals surface area (Å²) in [4.78, 5) is 4.08. The maximum atomic E-state index is 13.6. The van der Waals surface area contributed by atoms with Gasteiger partial charge in [0.2, 0.25) is 0 Å². The van der Waals surface area contributed by atoms with Gasteiger partial charge in [-0.15, -0.1) is 24.0 Å². The Morgan fingerprint density at radius 3 is 2.59 bits per heavy atom. The van der Waals surface area contributed by atoms with Crippen LogP contribution in [0.25, 0.3) is 0 Å². The molecule has 0 unspecified atom stereocenters. The lowest BCUT2D eigenvalue weighted by Crippen LogP contribution is -2.22. The summed E-state index contributed by atoms with van der Waals surface area (Å²) >= 11 is 0. The average molecular weight is 410 g/mol. The number of hydrogen-bond donors (Lipinski definition) is 2. The van der Waals surface area contributed by atoms with Crippen LogP contribution in [0.5, 0.6) is 0 Å². The molecule has 2 aromatic carbocycles. The van der Waals surface area contributed by atoms with Crippen LogP contribution in [0.2, 0.25) is 0 Å².